The molecule has 0 saturated carbocycles. The summed E-state index contributed by atoms with van der Waals surface area (Å²) in [7, 11) is 0. The van der Waals surface area contributed by atoms with Crippen LogP contribution < -0.4 is 5.32 Å². The van der Waals surface area contributed by atoms with E-state index in [1.54, 1.807) is 0 Å². The lowest BCUT2D eigenvalue weighted by Crippen LogP contribution is -2.12. The Hall–Kier alpha value is -0.310. The smallest absolute Gasteiger partial charge is 0.131 e. The van der Waals surface area contributed by atoms with Crippen LogP contribution in [0.4, 0.5) is 0 Å². The molecule has 1 fully saturated rings. The Labute approximate surface area is 87.3 Å². The fourth-order valence-corrected chi connectivity index (χ4v) is 2.13. The maximum atomic E-state index is 5.81. The minimum absolute atomic E-state index is 0.401. The van der Waals surface area contributed by atoms with Crippen molar-refractivity contribution in [3.63, 3.8) is 0 Å². The maximum absolute atomic E-state index is 5.81. The Morgan fingerprint density at radius 2 is 2.00 bits per heavy atom. The monoisotopic (exact) mass is 216 g/mol. The molecule has 4 heteroatoms. The van der Waals surface area contributed by atoms with E-state index in [9.17, 15) is 0 Å². The van der Waals surface area contributed by atoms with Crippen LogP contribution in [0.1, 0.15) is 24.4 Å². The molecule has 0 spiro atoms. The van der Waals surface area contributed by atoms with Crippen LogP contribution in [0.15, 0.2) is 12.1 Å². The summed E-state index contributed by atoms with van der Waals surface area (Å²) in [4.78, 5) is 3.91. The molecule has 1 atom stereocenters. The molecule has 0 bridgehead atoms. The molecule has 0 aromatic carbocycles. The summed E-state index contributed by atoms with van der Waals surface area (Å²) in [6, 6.07) is 4.14. The highest BCUT2D eigenvalue weighted by atomic mass is 35.5. The Bertz CT molecular complexity index is 288. The van der Waals surface area contributed by atoms with Gasteiger partial charge in [-0.15, -0.1) is 0 Å². The van der Waals surface area contributed by atoms with Crippen LogP contribution >= 0.6 is 23.2 Å². The molecular formula is C9H10Cl2N2. The number of rotatable bonds is 1. The fraction of sp³-hybridized carbons (Fsp3) is 0.444. The average Bonchev–Trinajstić information content (AvgIpc) is 2.53. The second-order valence-electron chi connectivity index (χ2n) is 3.19. The molecular weight excluding hydrogens is 207 g/mol. The molecule has 0 amide bonds. The minimum atomic E-state index is 0.401. The van der Waals surface area contributed by atoms with E-state index in [2.05, 4.69) is 10.3 Å². The van der Waals surface area contributed by atoms with Crippen molar-refractivity contribution >= 4 is 23.2 Å². The largest absolute Gasteiger partial charge is 0.310 e. The second kappa shape index (κ2) is 3.82. The summed E-state index contributed by atoms with van der Waals surface area (Å²) < 4.78 is 0. The van der Waals surface area contributed by atoms with E-state index in [1.807, 2.05) is 12.1 Å². The number of pyridine rings is 1. The van der Waals surface area contributed by atoms with Gasteiger partial charge >= 0.3 is 0 Å². The Balaban J connectivity index is 2.28. The predicted octanol–water partition coefficient (Wildman–Crippen LogP) is 2.81. The van der Waals surface area contributed by atoms with Crippen molar-refractivity contribution in [2.45, 2.75) is 18.9 Å². The van der Waals surface area contributed by atoms with E-state index in [0.717, 1.165) is 18.5 Å². The fourth-order valence-electron chi connectivity index (χ4n) is 1.65. The number of nitrogens with one attached hydrogen (secondary N) is 1. The van der Waals surface area contributed by atoms with Crippen LogP contribution in [0.3, 0.4) is 0 Å². The van der Waals surface area contributed by atoms with E-state index in [0.29, 0.717) is 16.3 Å². The zero-order valence-electron chi connectivity index (χ0n) is 7.06. The summed E-state index contributed by atoms with van der Waals surface area (Å²) in [5.41, 5.74) is 1.14. The van der Waals surface area contributed by atoms with E-state index in [4.69, 9.17) is 23.2 Å². The van der Waals surface area contributed by atoms with Crippen molar-refractivity contribution in [1.29, 1.82) is 0 Å². The predicted molar refractivity (Wildman–Crippen MR) is 54.2 cm³/mol. The molecule has 1 aromatic rings. The normalized spacial score (nSPS) is 22.2. The van der Waals surface area contributed by atoms with Gasteiger partial charge in [0, 0.05) is 6.04 Å². The zero-order chi connectivity index (χ0) is 9.26. The van der Waals surface area contributed by atoms with Crippen LogP contribution in [-0.4, -0.2) is 11.5 Å². The first-order valence-corrected chi connectivity index (χ1v) is 5.07. The van der Waals surface area contributed by atoms with Gasteiger partial charge in [-0.1, -0.05) is 23.2 Å². The lowest BCUT2D eigenvalue weighted by atomic mass is 10.1. The zero-order valence-corrected chi connectivity index (χ0v) is 8.57. The van der Waals surface area contributed by atoms with Gasteiger partial charge in [0.2, 0.25) is 0 Å². The second-order valence-corrected chi connectivity index (χ2v) is 3.97. The lowest BCUT2D eigenvalue weighted by Gasteiger charge is -2.10. The van der Waals surface area contributed by atoms with E-state index < -0.39 is 0 Å². The molecule has 1 saturated heterocycles. The molecule has 0 unspecified atom stereocenters. The van der Waals surface area contributed by atoms with Gasteiger partial charge in [-0.3, -0.25) is 0 Å². The van der Waals surface area contributed by atoms with Gasteiger partial charge in [-0.2, -0.15) is 0 Å². The molecule has 1 aromatic heterocycles. The van der Waals surface area contributed by atoms with Crippen LogP contribution in [-0.2, 0) is 0 Å². The van der Waals surface area contributed by atoms with E-state index in [1.165, 1.54) is 6.42 Å². The maximum Gasteiger partial charge on any atom is 0.131 e. The first kappa shape index (κ1) is 9.25. The van der Waals surface area contributed by atoms with Crippen molar-refractivity contribution in [3.8, 4) is 0 Å². The number of halogens is 2. The average molecular weight is 217 g/mol. The summed E-state index contributed by atoms with van der Waals surface area (Å²) in [5, 5.41) is 4.32. The van der Waals surface area contributed by atoms with Gasteiger partial charge in [0.1, 0.15) is 10.3 Å². The quantitative estimate of drug-likeness (QED) is 0.731. The van der Waals surface area contributed by atoms with Crippen LogP contribution in [0, 0.1) is 0 Å². The SMILES string of the molecule is Clc1cc([C@@H]2CCCN2)cc(Cl)n1. The standard InChI is InChI=1S/C9H10Cl2N2/c10-8-4-6(5-9(11)13-8)7-2-1-3-12-7/h4-5,7,12H,1-3H2/t7-/m0/s1. The highest BCUT2D eigenvalue weighted by molar-refractivity contribution is 6.32. The van der Waals surface area contributed by atoms with Crippen molar-refractivity contribution in [2.75, 3.05) is 6.54 Å². The third-order valence-electron chi connectivity index (χ3n) is 2.25. The molecule has 0 radical (unpaired) electrons. The first-order chi connectivity index (χ1) is 6.25. The molecule has 1 aliphatic rings. The Kier molecular flexibility index (Phi) is 2.72. The molecule has 70 valence electrons. The van der Waals surface area contributed by atoms with Crippen LogP contribution in [0.5, 0.6) is 0 Å². The number of hydrogen-bond donors (Lipinski definition) is 1. The van der Waals surface area contributed by atoms with Gasteiger partial charge < -0.3 is 5.32 Å². The molecule has 1 aliphatic heterocycles. The van der Waals surface area contributed by atoms with Crippen LogP contribution in [0.2, 0.25) is 10.3 Å². The first-order valence-electron chi connectivity index (χ1n) is 4.32. The van der Waals surface area contributed by atoms with Gasteiger partial charge in [0.25, 0.3) is 0 Å². The molecule has 2 nitrogen and oxygen atoms in total. The Morgan fingerprint density at radius 1 is 1.31 bits per heavy atom. The van der Waals surface area contributed by atoms with E-state index in [-0.39, 0.29) is 0 Å². The molecule has 2 rings (SSSR count). The van der Waals surface area contributed by atoms with Gasteiger partial charge in [0.15, 0.2) is 0 Å². The van der Waals surface area contributed by atoms with Crippen molar-refractivity contribution in [1.82, 2.24) is 10.3 Å². The van der Waals surface area contributed by atoms with Gasteiger partial charge in [-0.05, 0) is 37.1 Å². The van der Waals surface area contributed by atoms with Crippen molar-refractivity contribution in [2.24, 2.45) is 0 Å². The van der Waals surface area contributed by atoms with Crippen molar-refractivity contribution in [3.05, 3.63) is 28.0 Å². The third-order valence-corrected chi connectivity index (χ3v) is 2.64. The Morgan fingerprint density at radius 3 is 2.54 bits per heavy atom. The van der Waals surface area contributed by atoms with E-state index >= 15 is 0 Å². The molecule has 1 N–H and O–H groups in total. The highest BCUT2D eigenvalue weighted by Crippen LogP contribution is 2.26. The minimum Gasteiger partial charge on any atom is -0.310 e. The summed E-state index contributed by atoms with van der Waals surface area (Å²) in [6.07, 6.45) is 2.36. The van der Waals surface area contributed by atoms with Gasteiger partial charge in [-0.25, -0.2) is 4.98 Å². The van der Waals surface area contributed by atoms with Crippen LogP contribution in [0.25, 0.3) is 0 Å². The number of hydrogen-bond acceptors (Lipinski definition) is 2. The highest BCUT2D eigenvalue weighted by Gasteiger charge is 2.16. The third kappa shape index (κ3) is 2.13. The molecule has 13 heavy (non-hydrogen) atoms. The lowest BCUT2D eigenvalue weighted by molar-refractivity contribution is 0.647. The molecule has 2 heterocycles. The topological polar surface area (TPSA) is 24.9 Å². The number of aromatic nitrogens is 1. The van der Waals surface area contributed by atoms with Crippen molar-refractivity contribution < 1.29 is 0 Å². The summed E-state index contributed by atoms with van der Waals surface area (Å²) in [5.74, 6) is 0. The van der Waals surface area contributed by atoms with Gasteiger partial charge in [0.05, 0.1) is 0 Å². The summed E-state index contributed by atoms with van der Waals surface area (Å²) in [6.45, 7) is 1.07. The number of nitrogens with zero attached hydrogens (tertiary/aromatic N) is 1. The summed E-state index contributed by atoms with van der Waals surface area (Å²) >= 11 is 11.6. The molecule has 0 aliphatic carbocycles.